The molecule has 3 N–H and O–H groups in total. The molecule has 0 aliphatic heterocycles. The van der Waals surface area contributed by atoms with Crippen LogP contribution in [0.5, 0.6) is 0 Å². The van der Waals surface area contributed by atoms with E-state index in [2.05, 4.69) is 9.97 Å². The van der Waals surface area contributed by atoms with Crippen LogP contribution in [0.2, 0.25) is 5.02 Å². The Hall–Kier alpha value is -2.50. The predicted molar refractivity (Wildman–Crippen MR) is 94.0 cm³/mol. The van der Waals surface area contributed by atoms with Gasteiger partial charge in [-0.05, 0) is 18.2 Å². The molecule has 1 aromatic carbocycles. The van der Waals surface area contributed by atoms with E-state index < -0.39 is 0 Å². The molecular formula is C15H14ClN5O2S. The number of nitrogens with zero attached hydrogens (tertiary/aromatic N) is 3. The number of halogens is 1. The molecule has 0 fully saturated rings. The summed E-state index contributed by atoms with van der Waals surface area (Å²) < 4.78 is 0. The fourth-order valence-electron chi connectivity index (χ4n) is 1.93. The van der Waals surface area contributed by atoms with Gasteiger partial charge in [-0.1, -0.05) is 29.4 Å². The molecule has 2 rings (SSSR count). The van der Waals surface area contributed by atoms with Crippen molar-refractivity contribution in [3.05, 3.63) is 45.7 Å². The van der Waals surface area contributed by atoms with E-state index >= 15 is 0 Å². The topological polar surface area (TPSA) is 116 Å². The maximum Gasteiger partial charge on any atom is 0.253 e. The Morgan fingerprint density at radius 3 is 2.92 bits per heavy atom. The van der Waals surface area contributed by atoms with Crippen LogP contribution in [-0.2, 0) is 4.79 Å². The van der Waals surface area contributed by atoms with Crippen LogP contribution < -0.4 is 16.2 Å². The minimum atomic E-state index is -0.381. The number of amides is 1. The number of carbonyl (C=O) groups excluding carboxylic acids is 1. The summed E-state index contributed by atoms with van der Waals surface area (Å²) in [5.41, 5.74) is 5.74. The highest BCUT2D eigenvalue weighted by atomic mass is 35.5. The zero-order chi connectivity index (χ0) is 17.5. The van der Waals surface area contributed by atoms with Crippen molar-refractivity contribution in [1.29, 1.82) is 5.26 Å². The standard InChI is InChI=1S/C15H14ClN5O2S/c16-10-3-1-4-11(7-10)21(6-2-5-17)14(23)9-24-15-19-12(18)8-13(22)20-15/h1,3-4,7-8H,2,6,9H2,(H3,18,19,20,22). The van der Waals surface area contributed by atoms with E-state index in [0.717, 1.165) is 17.8 Å². The molecule has 0 aliphatic rings. The zero-order valence-corrected chi connectivity index (χ0v) is 14.1. The second kappa shape index (κ2) is 8.38. The van der Waals surface area contributed by atoms with E-state index in [1.165, 1.54) is 4.90 Å². The van der Waals surface area contributed by atoms with Gasteiger partial charge in [0.2, 0.25) is 5.91 Å². The number of H-pyrrole nitrogens is 1. The molecule has 0 aliphatic carbocycles. The molecule has 1 heterocycles. The largest absolute Gasteiger partial charge is 0.383 e. The van der Waals surface area contributed by atoms with Crippen molar-refractivity contribution in [3.8, 4) is 6.07 Å². The Labute approximate surface area is 147 Å². The van der Waals surface area contributed by atoms with Crippen LogP contribution in [0, 0.1) is 11.3 Å². The Balaban J connectivity index is 2.13. The first-order valence-electron chi connectivity index (χ1n) is 6.92. The lowest BCUT2D eigenvalue weighted by atomic mass is 10.2. The molecule has 0 unspecified atom stereocenters. The minimum absolute atomic E-state index is 0.0321. The zero-order valence-electron chi connectivity index (χ0n) is 12.5. The maximum absolute atomic E-state index is 12.5. The Bertz CT molecular complexity index is 833. The highest BCUT2D eigenvalue weighted by Crippen LogP contribution is 2.22. The number of carbonyl (C=O) groups is 1. The molecule has 0 atom stereocenters. The summed E-state index contributed by atoms with van der Waals surface area (Å²) in [6, 6.07) is 10.0. The van der Waals surface area contributed by atoms with Gasteiger partial charge in [0.1, 0.15) is 5.82 Å². The van der Waals surface area contributed by atoms with E-state index in [4.69, 9.17) is 22.6 Å². The predicted octanol–water partition coefficient (Wildman–Crippen LogP) is 2.04. The Morgan fingerprint density at radius 1 is 1.46 bits per heavy atom. The van der Waals surface area contributed by atoms with Crippen molar-refractivity contribution < 1.29 is 4.79 Å². The lowest BCUT2D eigenvalue weighted by Crippen LogP contribution is -2.33. The molecule has 124 valence electrons. The third-order valence-corrected chi connectivity index (χ3v) is 4.03. The molecule has 24 heavy (non-hydrogen) atoms. The number of hydrogen-bond donors (Lipinski definition) is 2. The first-order chi connectivity index (χ1) is 11.5. The number of nitriles is 1. The number of nitrogens with two attached hydrogens (primary N) is 1. The molecular weight excluding hydrogens is 350 g/mol. The average Bonchev–Trinajstić information content (AvgIpc) is 2.52. The van der Waals surface area contributed by atoms with Crippen molar-refractivity contribution >= 4 is 40.8 Å². The normalized spacial score (nSPS) is 10.2. The van der Waals surface area contributed by atoms with Gasteiger partial charge in [0.05, 0.1) is 18.2 Å². The summed E-state index contributed by atoms with van der Waals surface area (Å²) in [4.78, 5) is 31.8. The Kier molecular flexibility index (Phi) is 6.23. The smallest absolute Gasteiger partial charge is 0.253 e. The van der Waals surface area contributed by atoms with Crippen molar-refractivity contribution in [2.75, 3.05) is 22.9 Å². The second-order valence-corrected chi connectivity index (χ2v) is 6.10. The molecule has 1 amide bonds. The van der Waals surface area contributed by atoms with Gasteiger partial charge in [-0.15, -0.1) is 0 Å². The molecule has 0 bridgehead atoms. The van der Waals surface area contributed by atoms with E-state index in [9.17, 15) is 9.59 Å². The number of anilines is 2. The van der Waals surface area contributed by atoms with Crippen LogP contribution in [0.1, 0.15) is 6.42 Å². The highest BCUT2D eigenvalue weighted by Gasteiger charge is 2.16. The second-order valence-electron chi connectivity index (χ2n) is 4.70. The van der Waals surface area contributed by atoms with Crippen LogP contribution in [0.3, 0.4) is 0 Å². The first-order valence-corrected chi connectivity index (χ1v) is 8.28. The molecule has 2 aromatic rings. The highest BCUT2D eigenvalue weighted by molar-refractivity contribution is 7.99. The molecule has 0 spiro atoms. The summed E-state index contributed by atoms with van der Waals surface area (Å²) >= 11 is 7.03. The van der Waals surface area contributed by atoms with Crippen LogP contribution in [0.25, 0.3) is 0 Å². The summed E-state index contributed by atoms with van der Waals surface area (Å²) in [6.45, 7) is 0.247. The van der Waals surface area contributed by atoms with Gasteiger partial charge < -0.3 is 15.6 Å². The summed E-state index contributed by atoms with van der Waals surface area (Å²) in [5, 5.41) is 9.55. The number of aromatic nitrogens is 2. The number of benzene rings is 1. The molecule has 9 heteroatoms. The number of rotatable bonds is 6. The monoisotopic (exact) mass is 363 g/mol. The number of aromatic amines is 1. The maximum atomic E-state index is 12.5. The molecule has 7 nitrogen and oxygen atoms in total. The number of thioether (sulfide) groups is 1. The molecule has 0 saturated carbocycles. The van der Waals surface area contributed by atoms with Gasteiger partial charge in [-0.3, -0.25) is 9.59 Å². The van der Waals surface area contributed by atoms with E-state index in [1.807, 2.05) is 6.07 Å². The molecule has 1 aromatic heterocycles. The summed E-state index contributed by atoms with van der Waals surface area (Å²) in [5.74, 6) is -0.114. The lowest BCUT2D eigenvalue weighted by Gasteiger charge is -2.21. The number of nitrogen functional groups attached to an aromatic ring is 1. The number of hydrogen-bond acceptors (Lipinski definition) is 6. The fourth-order valence-corrected chi connectivity index (χ4v) is 2.88. The quantitative estimate of drug-likeness (QED) is 0.599. The Morgan fingerprint density at radius 2 is 2.25 bits per heavy atom. The van der Waals surface area contributed by atoms with Crippen LogP contribution >= 0.6 is 23.4 Å². The van der Waals surface area contributed by atoms with Gasteiger partial charge in [-0.25, -0.2) is 4.98 Å². The summed E-state index contributed by atoms with van der Waals surface area (Å²) in [7, 11) is 0. The van der Waals surface area contributed by atoms with E-state index in [1.54, 1.807) is 24.3 Å². The van der Waals surface area contributed by atoms with Crippen molar-refractivity contribution in [3.63, 3.8) is 0 Å². The molecule has 0 radical (unpaired) electrons. The SMILES string of the molecule is N#CCCN(C(=O)CSc1nc(N)cc(=O)[nH]1)c1cccc(Cl)c1. The van der Waals surface area contributed by atoms with Crippen molar-refractivity contribution in [2.24, 2.45) is 0 Å². The fraction of sp³-hybridized carbons (Fsp3) is 0.200. The van der Waals surface area contributed by atoms with Gasteiger partial charge in [-0.2, -0.15) is 5.26 Å². The third kappa shape index (κ3) is 5.01. The molecule has 0 saturated heterocycles. The summed E-state index contributed by atoms with van der Waals surface area (Å²) in [6.07, 6.45) is 0.191. The van der Waals surface area contributed by atoms with Crippen LogP contribution in [0.4, 0.5) is 11.5 Å². The first kappa shape index (κ1) is 17.8. The third-order valence-electron chi connectivity index (χ3n) is 2.94. The van der Waals surface area contributed by atoms with Gasteiger partial charge in [0, 0.05) is 23.3 Å². The minimum Gasteiger partial charge on any atom is -0.383 e. The number of nitrogens with one attached hydrogen (secondary N) is 1. The van der Waals surface area contributed by atoms with E-state index in [-0.39, 0.29) is 41.2 Å². The lowest BCUT2D eigenvalue weighted by molar-refractivity contribution is -0.116. The van der Waals surface area contributed by atoms with E-state index in [0.29, 0.717) is 10.7 Å². The van der Waals surface area contributed by atoms with Crippen LogP contribution in [0.15, 0.2) is 40.3 Å². The van der Waals surface area contributed by atoms with Crippen molar-refractivity contribution in [2.45, 2.75) is 11.6 Å². The van der Waals surface area contributed by atoms with Crippen molar-refractivity contribution in [1.82, 2.24) is 9.97 Å². The van der Waals surface area contributed by atoms with Crippen LogP contribution in [-0.4, -0.2) is 28.2 Å². The van der Waals surface area contributed by atoms with Gasteiger partial charge >= 0.3 is 0 Å². The van der Waals surface area contributed by atoms with Gasteiger partial charge in [0.25, 0.3) is 5.56 Å². The average molecular weight is 364 g/mol. The van der Waals surface area contributed by atoms with Gasteiger partial charge in [0.15, 0.2) is 5.16 Å².